The van der Waals surface area contributed by atoms with Crippen LogP contribution in [0.5, 0.6) is 0 Å². The number of aromatic nitrogens is 2. The van der Waals surface area contributed by atoms with E-state index < -0.39 is 6.30 Å². The molecular weight excluding hydrogens is 237 g/mol. The molecule has 0 unspecified atom stereocenters. The third kappa shape index (κ3) is 1.80. The van der Waals surface area contributed by atoms with E-state index in [2.05, 4.69) is 21.0 Å². The highest BCUT2D eigenvalue weighted by atomic mass is 79.9. The summed E-state index contributed by atoms with van der Waals surface area (Å²) in [6.07, 6.45) is -3.44. The molecule has 0 fully saturated rings. The largest absolute Gasteiger partial charge is 0.504 e. The summed E-state index contributed by atoms with van der Waals surface area (Å²) in [5, 5.41) is 3.70. The smallest absolute Gasteiger partial charge is 0.178 e. The monoisotopic (exact) mass is 242 g/mol. The highest BCUT2D eigenvalue weighted by Crippen LogP contribution is 2.23. The Labute approximate surface area is 75.5 Å². The molecule has 1 rings (SSSR count). The molecule has 0 aliphatic carbocycles. The molecule has 1 aromatic rings. The number of rotatable bonds is 1. The van der Waals surface area contributed by atoms with Gasteiger partial charge in [-0.25, -0.2) is 0 Å². The zero-order valence-corrected chi connectivity index (χ0v) is 7.78. The number of nitrogens with zero attached hydrogens (tertiary/aromatic N) is 2. The van der Waals surface area contributed by atoms with Crippen molar-refractivity contribution >= 4 is 15.9 Å². The molecule has 0 aliphatic heterocycles. The second-order valence-corrected chi connectivity index (χ2v) is 2.85. The molecule has 1 heterocycles. The van der Waals surface area contributed by atoms with Crippen LogP contribution in [0.3, 0.4) is 0 Å². The number of alkyl halides is 4. The van der Waals surface area contributed by atoms with E-state index in [0.29, 0.717) is 16.6 Å². The number of aryl methyl sites for hydroxylation is 1. The predicted octanol–water partition coefficient (Wildman–Crippen LogP) is 2.56. The second-order valence-electron chi connectivity index (χ2n) is 2.29. The van der Waals surface area contributed by atoms with Crippen LogP contribution in [0.4, 0.5) is 13.2 Å². The SMILES string of the molecule is Cc1nn(C(F)(F)F)cc1CBr. The van der Waals surface area contributed by atoms with Crippen molar-refractivity contribution in [1.29, 1.82) is 0 Å². The van der Waals surface area contributed by atoms with E-state index in [1.165, 1.54) is 0 Å². The average Bonchev–Trinajstić information content (AvgIpc) is 2.29. The maximum atomic E-state index is 12.0. The second kappa shape index (κ2) is 3.08. The first-order valence-corrected chi connectivity index (χ1v) is 4.25. The van der Waals surface area contributed by atoms with Crippen molar-refractivity contribution < 1.29 is 13.2 Å². The quantitative estimate of drug-likeness (QED) is 0.693. The minimum absolute atomic E-state index is 0.0128. The van der Waals surface area contributed by atoms with Crippen molar-refractivity contribution in [1.82, 2.24) is 9.78 Å². The summed E-state index contributed by atoms with van der Waals surface area (Å²) in [6.45, 7) is 1.54. The summed E-state index contributed by atoms with van der Waals surface area (Å²) in [7, 11) is 0. The van der Waals surface area contributed by atoms with Gasteiger partial charge in [-0.05, 0) is 6.92 Å². The minimum Gasteiger partial charge on any atom is -0.178 e. The molecular formula is C6H6BrF3N2. The van der Waals surface area contributed by atoms with E-state index in [1.807, 2.05) is 0 Å². The fourth-order valence-corrected chi connectivity index (χ4v) is 1.31. The van der Waals surface area contributed by atoms with Crippen molar-refractivity contribution in [2.24, 2.45) is 0 Å². The van der Waals surface area contributed by atoms with E-state index in [9.17, 15) is 13.2 Å². The van der Waals surface area contributed by atoms with Gasteiger partial charge in [-0.3, -0.25) is 0 Å². The van der Waals surface area contributed by atoms with Crippen LogP contribution in [0.2, 0.25) is 0 Å². The molecule has 0 bridgehead atoms. The Balaban J connectivity index is 3.05. The molecule has 2 nitrogen and oxygen atoms in total. The van der Waals surface area contributed by atoms with Gasteiger partial charge in [0.2, 0.25) is 0 Å². The molecule has 68 valence electrons. The van der Waals surface area contributed by atoms with Crippen LogP contribution >= 0.6 is 15.9 Å². The zero-order chi connectivity index (χ0) is 9.35. The van der Waals surface area contributed by atoms with E-state index in [0.717, 1.165) is 6.20 Å². The molecule has 1 aromatic heterocycles. The van der Waals surface area contributed by atoms with E-state index >= 15 is 0 Å². The van der Waals surface area contributed by atoms with Crippen molar-refractivity contribution in [2.45, 2.75) is 18.6 Å². The van der Waals surface area contributed by atoms with Crippen molar-refractivity contribution in [3.63, 3.8) is 0 Å². The van der Waals surface area contributed by atoms with Crippen LogP contribution in [0, 0.1) is 6.92 Å². The highest BCUT2D eigenvalue weighted by molar-refractivity contribution is 9.08. The summed E-state index contributed by atoms with van der Waals surface area (Å²) in [4.78, 5) is 0. The van der Waals surface area contributed by atoms with Crippen LogP contribution in [0.25, 0.3) is 0 Å². The Hall–Kier alpha value is -0.520. The fourth-order valence-electron chi connectivity index (χ4n) is 0.757. The van der Waals surface area contributed by atoms with Gasteiger partial charge in [0.25, 0.3) is 0 Å². The Morgan fingerprint density at radius 1 is 1.58 bits per heavy atom. The van der Waals surface area contributed by atoms with Gasteiger partial charge in [-0.15, -0.1) is 13.2 Å². The molecule has 12 heavy (non-hydrogen) atoms. The van der Waals surface area contributed by atoms with Gasteiger partial charge in [-0.2, -0.15) is 9.78 Å². The molecule has 0 aliphatic rings. The Morgan fingerprint density at radius 2 is 2.17 bits per heavy atom. The molecule has 0 spiro atoms. The standard InChI is InChI=1S/C6H6BrF3N2/c1-4-5(2-7)3-12(11-4)6(8,9)10/h3H,2H2,1H3. The molecule has 0 amide bonds. The van der Waals surface area contributed by atoms with Crippen molar-refractivity contribution in [2.75, 3.05) is 0 Å². The van der Waals surface area contributed by atoms with Crippen LogP contribution in [0.15, 0.2) is 6.20 Å². The highest BCUT2D eigenvalue weighted by Gasteiger charge is 2.32. The molecule has 0 saturated heterocycles. The Morgan fingerprint density at radius 3 is 2.42 bits per heavy atom. The number of halogens is 4. The van der Waals surface area contributed by atoms with Gasteiger partial charge in [0.05, 0.1) is 5.69 Å². The van der Waals surface area contributed by atoms with Gasteiger partial charge in [0.1, 0.15) is 0 Å². The molecule has 0 radical (unpaired) electrons. The number of hydrogen-bond donors (Lipinski definition) is 0. The predicted molar refractivity (Wildman–Crippen MR) is 40.9 cm³/mol. The fraction of sp³-hybridized carbons (Fsp3) is 0.500. The zero-order valence-electron chi connectivity index (χ0n) is 6.19. The van der Waals surface area contributed by atoms with Gasteiger partial charge in [0.15, 0.2) is 0 Å². The molecule has 0 atom stereocenters. The first-order chi connectivity index (χ1) is 5.45. The topological polar surface area (TPSA) is 17.8 Å². The first-order valence-electron chi connectivity index (χ1n) is 3.13. The van der Waals surface area contributed by atoms with Crippen LogP contribution in [-0.2, 0) is 11.6 Å². The lowest BCUT2D eigenvalue weighted by Crippen LogP contribution is -2.17. The molecule has 0 aromatic carbocycles. The van der Waals surface area contributed by atoms with Crippen LogP contribution in [0.1, 0.15) is 11.3 Å². The minimum atomic E-state index is -4.41. The van der Waals surface area contributed by atoms with Gasteiger partial charge >= 0.3 is 6.30 Å². The third-order valence-electron chi connectivity index (χ3n) is 1.40. The maximum Gasteiger partial charge on any atom is 0.504 e. The summed E-state index contributed by atoms with van der Waals surface area (Å²) >= 11 is 3.07. The van der Waals surface area contributed by atoms with Crippen molar-refractivity contribution in [3.05, 3.63) is 17.5 Å². The number of hydrogen-bond acceptors (Lipinski definition) is 1. The first kappa shape index (κ1) is 9.57. The van der Waals surface area contributed by atoms with Crippen molar-refractivity contribution in [3.8, 4) is 0 Å². The Bertz CT molecular complexity index is 279. The normalized spacial score (nSPS) is 12.1. The van der Waals surface area contributed by atoms with Crippen LogP contribution < -0.4 is 0 Å². The van der Waals surface area contributed by atoms with E-state index in [-0.39, 0.29) is 4.68 Å². The van der Waals surface area contributed by atoms with E-state index in [4.69, 9.17) is 0 Å². The lowest BCUT2D eigenvalue weighted by Gasteiger charge is -2.03. The lowest BCUT2D eigenvalue weighted by molar-refractivity contribution is -0.212. The summed E-state index contributed by atoms with van der Waals surface area (Å²) < 4.78 is 36.0. The van der Waals surface area contributed by atoms with Crippen LogP contribution in [-0.4, -0.2) is 9.78 Å². The molecule has 0 N–H and O–H groups in total. The average molecular weight is 243 g/mol. The van der Waals surface area contributed by atoms with Gasteiger partial charge in [-0.1, -0.05) is 15.9 Å². The summed E-state index contributed by atoms with van der Waals surface area (Å²) in [6, 6.07) is 0. The molecule has 6 heteroatoms. The van der Waals surface area contributed by atoms with Gasteiger partial charge in [0, 0.05) is 17.1 Å². The third-order valence-corrected chi connectivity index (χ3v) is 2.01. The summed E-state index contributed by atoms with van der Waals surface area (Å²) in [5.74, 6) is 0. The maximum absolute atomic E-state index is 12.0. The van der Waals surface area contributed by atoms with E-state index in [1.54, 1.807) is 6.92 Å². The lowest BCUT2D eigenvalue weighted by atomic mass is 10.3. The molecule has 0 saturated carbocycles. The Kier molecular flexibility index (Phi) is 2.46. The van der Waals surface area contributed by atoms with Gasteiger partial charge < -0.3 is 0 Å². The summed E-state index contributed by atoms with van der Waals surface area (Å²) in [5.41, 5.74) is 0.941.